The molecule has 0 radical (unpaired) electrons. The first-order valence-electron chi connectivity index (χ1n) is 11.4. The third kappa shape index (κ3) is 6.85. The fourth-order valence-corrected chi connectivity index (χ4v) is 4.98. The molecular formula is C27H40N2O. The van der Waals surface area contributed by atoms with Crippen molar-refractivity contribution in [3.8, 4) is 5.75 Å². The Balaban J connectivity index is 1.67. The Morgan fingerprint density at radius 3 is 2.13 bits per heavy atom. The summed E-state index contributed by atoms with van der Waals surface area (Å²) in [6.07, 6.45) is 2.25. The average molecular weight is 409 g/mol. The fraction of sp³-hybridized carbons (Fsp3) is 0.556. The van der Waals surface area contributed by atoms with Crippen LogP contribution in [-0.4, -0.2) is 47.6 Å². The lowest BCUT2D eigenvalue weighted by molar-refractivity contribution is -0.0110. The summed E-state index contributed by atoms with van der Waals surface area (Å²) in [6, 6.07) is 21.6. The Bertz CT molecular complexity index is 751. The molecule has 1 heterocycles. The zero-order valence-corrected chi connectivity index (χ0v) is 19.6. The molecule has 1 aliphatic heterocycles. The second-order valence-electron chi connectivity index (χ2n) is 10.6. The molecule has 0 saturated carbocycles. The molecule has 0 amide bonds. The summed E-state index contributed by atoms with van der Waals surface area (Å²) in [5.74, 6) is 0.966. The van der Waals surface area contributed by atoms with Crippen LogP contribution in [0, 0.1) is 5.41 Å². The lowest BCUT2D eigenvalue weighted by Gasteiger charge is -2.49. The van der Waals surface area contributed by atoms with E-state index in [1.54, 1.807) is 0 Å². The molecule has 164 valence electrons. The van der Waals surface area contributed by atoms with Crippen molar-refractivity contribution >= 4 is 0 Å². The van der Waals surface area contributed by atoms with E-state index in [9.17, 15) is 0 Å². The molecule has 1 aliphatic rings. The van der Waals surface area contributed by atoms with Gasteiger partial charge in [0.1, 0.15) is 5.75 Å². The van der Waals surface area contributed by atoms with E-state index in [-0.39, 0.29) is 5.54 Å². The maximum Gasteiger partial charge on any atom is 0.119 e. The predicted octanol–water partition coefficient (Wildman–Crippen LogP) is 5.86. The molecule has 1 saturated heterocycles. The number of rotatable bonds is 8. The van der Waals surface area contributed by atoms with Gasteiger partial charge in [0.25, 0.3) is 0 Å². The number of nitrogens with zero attached hydrogens (tertiary/aromatic N) is 2. The summed E-state index contributed by atoms with van der Waals surface area (Å²) in [4.78, 5) is 5.38. The van der Waals surface area contributed by atoms with E-state index in [2.05, 4.69) is 74.8 Å². The number of hydrogen-bond acceptors (Lipinski definition) is 3. The van der Waals surface area contributed by atoms with Gasteiger partial charge in [0.2, 0.25) is 0 Å². The van der Waals surface area contributed by atoms with Crippen LogP contribution >= 0.6 is 0 Å². The zero-order valence-electron chi connectivity index (χ0n) is 19.6. The SMILES string of the molecule is CC(C)(C)CC(C)(C)N1CCN(Cc2ccccc2)C(CCOc2ccccc2)C1. The van der Waals surface area contributed by atoms with E-state index in [1.807, 2.05) is 30.3 Å². The first kappa shape index (κ1) is 22.8. The van der Waals surface area contributed by atoms with Gasteiger partial charge >= 0.3 is 0 Å². The van der Waals surface area contributed by atoms with Gasteiger partial charge in [-0.25, -0.2) is 0 Å². The Morgan fingerprint density at radius 2 is 1.50 bits per heavy atom. The van der Waals surface area contributed by atoms with Gasteiger partial charge in [0.05, 0.1) is 6.61 Å². The van der Waals surface area contributed by atoms with Crippen LogP contribution < -0.4 is 4.74 Å². The lowest BCUT2D eigenvalue weighted by Crippen LogP contribution is -2.59. The number of ether oxygens (including phenoxy) is 1. The topological polar surface area (TPSA) is 15.7 Å². The third-order valence-electron chi connectivity index (χ3n) is 6.12. The summed E-state index contributed by atoms with van der Waals surface area (Å²) < 4.78 is 6.06. The van der Waals surface area contributed by atoms with Crippen molar-refractivity contribution < 1.29 is 4.74 Å². The van der Waals surface area contributed by atoms with E-state index in [0.29, 0.717) is 11.5 Å². The van der Waals surface area contributed by atoms with Crippen LogP contribution in [0.5, 0.6) is 5.75 Å². The van der Waals surface area contributed by atoms with Gasteiger partial charge in [-0.1, -0.05) is 69.3 Å². The highest BCUT2D eigenvalue weighted by Crippen LogP contribution is 2.33. The third-order valence-corrected chi connectivity index (χ3v) is 6.12. The van der Waals surface area contributed by atoms with Gasteiger partial charge in [-0.2, -0.15) is 0 Å². The highest BCUT2D eigenvalue weighted by molar-refractivity contribution is 5.21. The minimum absolute atomic E-state index is 0.204. The predicted molar refractivity (Wildman–Crippen MR) is 127 cm³/mol. The van der Waals surface area contributed by atoms with Gasteiger partial charge in [0, 0.05) is 37.8 Å². The van der Waals surface area contributed by atoms with Crippen LogP contribution in [-0.2, 0) is 6.54 Å². The minimum Gasteiger partial charge on any atom is -0.494 e. The van der Waals surface area contributed by atoms with Crippen molar-refractivity contribution in [2.45, 2.75) is 65.6 Å². The molecule has 0 aromatic heterocycles. The van der Waals surface area contributed by atoms with Crippen LogP contribution in [0.1, 0.15) is 53.0 Å². The van der Waals surface area contributed by atoms with Crippen molar-refractivity contribution in [2.75, 3.05) is 26.2 Å². The van der Waals surface area contributed by atoms with Crippen molar-refractivity contribution in [2.24, 2.45) is 5.41 Å². The molecular weight excluding hydrogens is 368 g/mol. The average Bonchev–Trinajstić information content (AvgIpc) is 2.69. The fourth-order valence-electron chi connectivity index (χ4n) is 4.98. The van der Waals surface area contributed by atoms with E-state index in [1.165, 1.54) is 12.0 Å². The van der Waals surface area contributed by atoms with Gasteiger partial charge in [-0.3, -0.25) is 9.80 Å². The van der Waals surface area contributed by atoms with Crippen LogP contribution in [0.4, 0.5) is 0 Å². The molecule has 3 nitrogen and oxygen atoms in total. The Kier molecular flexibility index (Phi) is 7.60. The normalized spacial score (nSPS) is 19.0. The molecule has 1 fully saturated rings. The molecule has 3 heteroatoms. The Hall–Kier alpha value is -1.84. The van der Waals surface area contributed by atoms with Gasteiger partial charge in [0.15, 0.2) is 0 Å². The van der Waals surface area contributed by atoms with Crippen molar-refractivity contribution in [3.63, 3.8) is 0 Å². The number of para-hydroxylation sites is 1. The molecule has 0 bridgehead atoms. The number of benzene rings is 2. The maximum atomic E-state index is 6.06. The zero-order chi connectivity index (χ0) is 21.6. The second-order valence-corrected chi connectivity index (χ2v) is 10.6. The molecule has 0 spiro atoms. The van der Waals surface area contributed by atoms with Gasteiger partial charge in [-0.15, -0.1) is 0 Å². The van der Waals surface area contributed by atoms with E-state index in [4.69, 9.17) is 4.74 Å². The summed E-state index contributed by atoms with van der Waals surface area (Å²) in [5.41, 5.74) is 1.93. The molecule has 0 N–H and O–H groups in total. The lowest BCUT2D eigenvalue weighted by atomic mass is 9.80. The summed E-state index contributed by atoms with van der Waals surface area (Å²) in [5, 5.41) is 0. The standard InChI is InChI=1S/C27H40N2O/c1-26(2,3)22-27(4,5)29-18-17-28(20-23-12-8-6-9-13-23)24(21-29)16-19-30-25-14-10-7-11-15-25/h6-15,24H,16-22H2,1-5H3. The van der Waals surface area contributed by atoms with E-state index >= 15 is 0 Å². The molecule has 2 aromatic carbocycles. The Labute approximate surface area is 184 Å². The Morgan fingerprint density at radius 1 is 0.867 bits per heavy atom. The molecule has 1 atom stereocenters. The van der Waals surface area contributed by atoms with E-state index < -0.39 is 0 Å². The summed E-state index contributed by atoms with van der Waals surface area (Å²) in [7, 11) is 0. The second kappa shape index (κ2) is 9.98. The summed E-state index contributed by atoms with van der Waals surface area (Å²) >= 11 is 0. The highest BCUT2D eigenvalue weighted by Gasteiger charge is 2.36. The van der Waals surface area contributed by atoms with Crippen molar-refractivity contribution in [1.82, 2.24) is 9.80 Å². The van der Waals surface area contributed by atoms with E-state index in [0.717, 1.165) is 45.0 Å². The summed E-state index contributed by atoms with van der Waals surface area (Å²) in [6.45, 7) is 17.0. The van der Waals surface area contributed by atoms with Crippen molar-refractivity contribution in [1.29, 1.82) is 0 Å². The quantitative estimate of drug-likeness (QED) is 0.544. The molecule has 0 aliphatic carbocycles. The minimum atomic E-state index is 0.204. The molecule has 2 aromatic rings. The smallest absolute Gasteiger partial charge is 0.119 e. The van der Waals surface area contributed by atoms with Gasteiger partial charge in [-0.05, 0) is 49.8 Å². The van der Waals surface area contributed by atoms with Crippen LogP contribution in [0.15, 0.2) is 60.7 Å². The van der Waals surface area contributed by atoms with Gasteiger partial charge < -0.3 is 4.74 Å². The number of piperazine rings is 1. The van der Waals surface area contributed by atoms with Crippen LogP contribution in [0.3, 0.4) is 0 Å². The van der Waals surface area contributed by atoms with Crippen molar-refractivity contribution in [3.05, 3.63) is 66.2 Å². The largest absolute Gasteiger partial charge is 0.494 e. The monoisotopic (exact) mass is 408 g/mol. The molecule has 1 unspecified atom stereocenters. The van der Waals surface area contributed by atoms with Crippen LogP contribution in [0.2, 0.25) is 0 Å². The molecule has 30 heavy (non-hydrogen) atoms. The number of hydrogen-bond donors (Lipinski definition) is 0. The maximum absolute atomic E-state index is 6.06. The first-order chi connectivity index (χ1) is 14.2. The molecule has 3 rings (SSSR count). The highest BCUT2D eigenvalue weighted by atomic mass is 16.5. The first-order valence-corrected chi connectivity index (χ1v) is 11.4. The van der Waals surface area contributed by atoms with Crippen LogP contribution in [0.25, 0.3) is 0 Å².